The van der Waals surface area contributed by atoms with Crippen molar-refractivity contribution in [3.8, 4) is 29.0 Å². The molecule has 0 saturated carbocycles. The van der Waals surface area contributed by atoms with Gasteiger partial charge in [-0.15, -0.1) is 0 Å². The van der Waals surface area contributed by atoms with Crippen LogP contribution in [0.1, 0.15) is 17.0 Å². The van der Waals surface area contributed by atoms with Crippen LogP contribution in [0.5, 0.6) is 5.88 Å². The van der Waals surface area contributed by atoms with Gasteiger partial charge in [0.1, 0.15) is 5.69 Å². The predicted octanol–water partition coefficient (Wildman–Crippen LogP) is 3.81. The molecule has 0 aliphatic heterocycles. The van der Waals surface area contributed by atoms with Gasteiger partial charge >= 0.3 is 0 Å². The van der Waals surface area contributed by atoms with Crippen LogP contribution in [0, 0.1) is 18.8 Å². The molecule has 4 rings (SSSR count). The van der Waals surface area contributed by atoms with Crippen LogP contribution in [0.3, 0.4) is 0 Å². The largest absolute Gasteiger partial charge is 0.493 e. The lowest BCUT2D eigenvalue weighted by atomic mass is 10.1. The summed E-state index contributed by atoms with van der Waals surface area (Å²) < 4.78 is 1.70. The third-order valence-electron chi connectivity index (χ3n) is 3.96. The quantitative estimate of drug-likeness (QED) is 0.541. The fourth-order valence-corrected chi connectivity index (χ4v) is 2.70. The Morgan fingerprint density at radius 3 is 2.32 bits per heavy atom. The van der Waals surface area contributed by atoms with Crippen molar-refractivity contribution >= 4 is 5.65 Å². The van der Waals surface area contributed by atoms with Crippen LogP contribution in [0.4, 0.5) is 0 Å². The number of hydrogen-bond acceptors (Lipinski definition) is 3. The van der Waals surface area contributed by atoms with E-state index in [-0.39, 0.29) is 5.88 Å². The Bertz CT molecular complexity index is 1100. The maximum atomic E-state index is 10.5. The lowest BCUT2D eigenvalue weighted by molar-refractivity contribution is 0.444. The summed E-state index contributed by atoms with van der Waals surface area (Å²) in [4.78, 5) is 8.94. The van der Waals surface area contributed by atoms with Gasteiger partial charge in [0.15, 0.2) is 11.3 Å². The third-order valence-corrected chi connectivity index (χ3v) is 3.96. The van der Waals surface area contributed by atoms with Crippen molar-refractivity contribution < 1.29 is 5.11 Å². The molecule has 0 fully saturated rings. The minimum atomic E-state index is 0.110. The molecule has 2 heterocycles. The normalized spacial score (nSPS) is 10.4. The zero-order valence-electron chi connectivity index (χ0n) is 13.6. The molecule has 0 unspecified atom stereocenters. The molecule has 0 saturated heterocycles. The highest BCUT2D eigenvalue weighted by Gasteiger charge is 2.15. The third kappa shape index (κ3) is 2.73. The number of imidazole rings is 1. The van der Waals surface area contributed by atoms with Gasteiger partial charge in [-0.1, -0.05) is 54.5 Å². The van der Waals surface area contributed by atoms with Gasteiger partial charge < -0.3 is 5.11 Å². The van der Waals surface area contributed by atoms with Crippen LogP contribution in [0.25, 0.3) is 16.9 Å². The molecular formula is C21H15N3O. The number of aromatic hydroxyl groups is 1. The first kappa shape index (κ1) is 15.0. The van der Waals surface area contributed by atoms with Crippen molar-refractivity contribution in [2.75, 3.05) is 0 Å². The van der Waals surface area contributed by atoms with Crippen LogP contribution in [-0.4, -0.2) is 19.5 Å². The number of aryl methyl sites for hydroxylation is 1. The monoisotopic (exact) mass is 325 g/mol. The van der Waals surface area contributed by atoms with Gasteiger partial charge in [0.2, 0.25) is 5.88 Å². The topological polar surface area (TPSA) is 50.4 Å². The van der Waals surface area contributed by atoms with Gasteiger partial charge in [-0.25, -0.2) is 9.97 Å². The van der Waals surface area contributed by atoms with Crippen molar-refractivity contribution in [1.29, 1.82) is 0 Å². The Morgan fingerprint density at radius 2 is 1.60 bits per heavy atom. The molecule has 0 aliphatic rings. The smallest absolute Gasteiger partial charge is 0.219 e. The SMILES string of the molecule is Cc1nc2c(C#Cc3ccccc3)ncc(-c3ccccc3)n2c1O. The Hall–Kier alpha value is -3.58. The molecule has 120 valence electrons. The van der Waals surface area contributed by atoms with E-state index in [1.54, 1.807) is 17.5 Å². The second kappa shape index (κ2) is 6.14. The molecule has 25 heavy (non-hydrogen) atoms. The van der Waals surface area contributed by atoms with Crippen molar-refractivity contribution in [2.24, 2.45) is 0 Å². The maximum absolute atomic E-state index is 10.5. The Balaban J connectivity index is 1.92. The highest BCUT2D eigenvalue weighted by Crippen LogP contribution is 2.27. The molecular weight excluding hydrogens is 310 g/mol. The van der Waals surface area contributed by atoms with E-state index in [0.717, 1.165) is 16.8 Å². The van der Waals surface area contributed by atoms with Crippen LogP contribution in [0.2, 0.25) is 0 Å². The van der Waals surface area contributed by atoms with Gasteiger partial charge in [0, 0.05) is 11.1 Å². The lowest BCUT2D eigenvalue weighted by Crippen LogP contribution is -1.97. The van der Waals surface area contributed by atoms with Crippen LogP contribution < -0.4 is 0 Å². The number of hydrogen-bond donors (Lipinski definition) is 1. The first-order valence-electron chi connectivity index (χ1n) is 7.93. The summed E-state index contributed by atoms with van der Waals surface area (Å²) in [6, 6.07) is 19.5. The molecule has 0 spiro atoms. The minimum absolute atomic E-state index is 0.110. The van der Waals surface area contributed by atoms with E-state index in [2.05, 4.69) is 21.8 Å². The van der Waals surface area contributed by atoms with E-state index < -0.39 is 0 Å². The molecule has 4 heteroatoms. The summed E-state index contributed by atoms with van der Waals surface area (Å²) in [5, 5.41) is 10.5. The Labute approximate surface area is 145 Å². The second-order valence-electron chi connectivity index (χ2n) is 5.65. The van der Waals surface area contributed by atoms with Crippen molar-refractivity contribution in [3.63, 3.8) is 0 Å². The molecule has 1 N–H and O–H groups in total. The Morgan fingerprint density at radius 1 is 0.920 bits per heavy atom. The summed E-state index contributed by atoms with van der Waals surface area (Å²) >= 11 is 0. The number of rotatable bonds is 1. The average molecular weight is 325 g/mol. The van der Waals surface area contributed by atoms with Crippen molar-refractivity contribution in [2.45, 2.75) is 6.92 Å². The Kier molecular flexibility index (Phi) is 3.68. The van der Waals surface area contributed by atoms with E-state index >= 15 is 0 Å². The van der Waals surface area contributed by atoms with Gasteiger partial charge in [-0.3, -0.25) is 4.40 Å². The fourth-order valence-electron chi connectivity index (χ4n) is 2.70. The number of fused-ring (bicyclic) bond motifs is 1. The first-order chi connectivity index (χ1) is 12.2. The molecule has 2 aromatic heterocycles. The van der Waals surface area contributed by atoms with Gasteiger partial charge in [0.25, 0.3) is 0 Å². The van der Waals surface area contributed by atoms with E-state index in [0.29, 0.717) is 17.0 Å². The average Bonchev–Trinajstić information content (AvgIpc) is 2.97. The zero-order chi connectivity index (χ0) is 17.2. The van der Waals surface area contributed by atoms with E-state index in [1.807, 2.05) is 60.7 Å². The second-order valence-corrected chi connectivity index (χ2v) is 5.65. The predicted molar refractivity (Wildman–Crippen MR) is 97.2 cm³/mol. The summed E-state index contributed by atoms with van der Waals surface area (Å²) in [5.41, 5.74) is 4.27. The molecule has 0 bridgehead atoms. The number of nitrogens with zero attached hydrogens (tertiary/aromatic N) is 3. The van der Waals surface area contributed by atoms with Crippen LogP contribution in [-0.2, 0) is 0 Å². The summed E-state index contributed by atoms with van der Waals surface area (Å²) in [6.45, 7) is 1.77. The molecule has 0 aliphatic carbocycles. The number of aromatic nitrogens is 3. The van der Waals surface area contributed by atoms with Gasteiger partial charge in [0.05, 0.1) is 11.9 Å². The highest BCUT2D eigenvalue weighted by molar-refractivity contribution is 5.68. The zero-order valence-corrected chi connectivity index (χ0v) is 13.6. The van der Waals surface area contributed by atoms with Gasteiger partial charge in [-0.05, 0) is 25.0 Å². The van der Waals surface area contributed by atoms with E-state index in [1.165, 1.54) is 0 Å². The highest BCUT2D eigenvalue weighted by atomic mass is 16.3. The molecule has 2 aromatic carbocycles. The van der Waals surface area contributed by atoms with Gasteiger partial charge in [-0.2, -0.15) is 0 Å². The first-order valence-corrected chi connectivity index (χ1v) is 7.93. The van der Waals surface area contributed by atoms with Crippen molar-refractivity contribution in [3.05, 3.63) is 83.8 Å². The maximum Gasteiger partial charge on any atom is 0.219 e. The molecule has 0 amide bonds. The summed E-state index contributed by atoms with van der Waals surface area (Å²) in [6.07, 6.45) is 1.72. The molecule has 4 aromatic rings. The van der Waals surface area contributed by atoms with Crippen LogP contribution >= 0.6 is 0 Å². The lowest BCUT2D eigenvalue weighted by Gasteiger charge is -2.07. The fraction of sp³-hybridized carbons (Fsp3) is 0.0476. The van der Waals surface area contributed by atoms with Crippen LogP contribution in [0.15, 0.2) is 66.9 Å². The van der Waals surface area contributed by atoms with E-state index in [9.17, 15) is 5.11 Å². The summed E-state index contributed by atoms with van der Waals surface area (Å²) in [7, 11) is 0. The molecule has 0 radical (unpaired) electrons. The molecule has 0 atom stereocenters. The number of benzene rings is 2. The standard InChI is InChI=1S/C21H15N3O/c1-15-21(25)24-19(17-10-6-3-7-11-17)14-22-18(20(24)23-15)13-12-16-8-4-2-5-9-16/h2-11,14,25H,1H3. The van der Waals surface area contributed by atoms with E-state index in [4.69, 9.17) is 0 Å². The molecule has 4 nitrogen and oxygen atoms in total. The van der Waals surface area contributed by atoms with Crippen molar-refractivity contribution in [1.82, 2.24) is 14.4 Å². The minimum Gasteiger partial charge on any atom is -0.493 e. The summed E-state index contributed by atoms with van der Waals surface area (Å²) in [5.74, 6) is 6.27.